The molecule has 2 N–H and O–H groups in total. The van der Waals surface area contributed by atoms with Crippen LogP contribution in [0.15, 0.2) is 17.1 Å². The van der Waals surface area contributed by atoms with Crippen molar-refractivity contribution in [3.63, 3.8) is 0 Å². The maximum atomic E-state index is 10.8. The Morgan fingerprint density at radius 2 is 2.27 bits per heavy atom. The van der Waals surface area contributed by atoms with Crippen LogP contribution in [0, 0.1) is 0 Å². The molecule has 0 bridgehead atoms. The lowest BCUT2D eigenvalue weighted by Crippen LogP contribution is -2.16. The number of pyridine rings is 1. The van der Waals surface area contributed by atoms with Gasteiger partial charge in [-0.25, -0.2) is 4.79 Å². The number of aromatic nitrogens is 1. The number of H-pyrrole nitrogens is 1. The molecule has 1 heterocycles. The number of carbonyl (C=O) groups is 1. The maximum absolute atomic E-state index is 10.8. The minimum Gasteiger partial charge on any atom is -0.477 e. The van der Waals surface area contributed by atoms with E-state index in [0.717, 1.165) is 0 Å². The second-order valence-corrected chi connectivity index (χ2v) is 2.24. The monoisotopic (exact) mass is 173 g/mol. The third-order valence-corrected chi connectivity index (χ3v) is 1.44. The Hall–Kier alpha value is -1.29. The van der Waals surface area contributed by atoms with Gasteiger partial charge < -0.3 is 10.1 Å². The Morgan fingerprint density at radius 3 is 2.64 bits per heavy atom. The number of aromatic amines is 1. The fraction of sp³-hybridized carbons (Fsp3) is 0. The Labute approximate surface area is 66.4 Å². The van der Waals surface area contributed by atoms with Crippen molar-refractivity contribution in [2.75, 3.05) is 0 Å². The molecule has 0 aliphatic rings. The number of carboxylic acid groups (broad SMARTS) is 1. The second kappa shape index (κ2) is 2.75. The third kappa shape index (κ3) is 1.40. The Balaban J connectivity index is 3.45. The highest BCUT2D eigenvalue weighted by Crippen LogP contribution is 2.08. The fourth-order valence-electron chi connectivity index (χ4n) is 0.654. The minimum atomic E-state index is -1.32. The fourth-order valence-corrected chi connectivity index (χ4v) is 0.883. The summed E-state index contributed by atoms with van der Waals surface area (Å²) in [5.74, 6) is -1.32. The average molecular weight is 174 g/mol. The normalized spacial score (nSPS) is 9.55. The van der Waals surface area contributed by atoms with Crippen molar-refractivity contribution < 1.29 is 9.90 Å². The molecule has 11 heavy (non-hydrogen) atoms. The first kappa shape index (κ1) is 7.81. The van der Waals surface area contributed by atoms with Gasteiger partial charge >= 0.3 is 5.97 Å². The molecule has 1 aromatic heterocycles. The van der Waals surface area contributed by atoms with Crippen LogP contribution in [0.5, 0.6) is 0 Å². The highest BCUT2D eigenvalue weighted by molar-refractivity contribution is 6.33. The molecule has 5 heteroatoms. The maximum Gasteiger partial charge on any atom is 0.342 e. The molecule has 1 aromatic rings. The first-order chi connectivity index (χ1) is 5.13. The summed E-state index contributed by atoms with van der Waals surface area (Å²) < 4.78 is 0. The SMILES string of the molecule is O=C(O)c1c(Cl)cc[nH]c1=O. The van der Waals surface area contributed by atoms with Crippen LogP contribution in [-0.2, 0) is 0 Å². The van der Waals surface area contributed by atoms with Gasteiger partial charge in [-0.1, -0.05) is 11.6 Å². The summed E-state index contributed by atoms with van der Waals surface area (Å²) in [6.45, 7) is 0. The molecular weight excluding hydrogens is 170 g/mol. The smallest absolute Gasteiger partial charge is 0.342 e. The summed E-state index contributed by atoms with van der Waals surface area (Å²) in [6, 6.07) is 1.31. The Morgan fingerprint density at radius 1 is 1.64 bits per heavy atom. The summed E-state index contributed by atoms with van der Waals surface area (Å²) in [5, 5.41) is 8.39. The molecule has 0 unspecified atom stereocenters. The zero-order valence-electron chi connectivity index (χ0n) is 5.30. The molecule has 58 valence electrons. The minimum absolute atomic E-state index is 0.0544. The number of hydrogen-bond donors (Lipinski definition) is 2. The van der Waals surface area contributed by atoms with Crippen molar-refractivity contribution >= 4 is 17.6 Å². The van der Waals surface area contributed by atoms with Crippen LogP contribution in [0.1, 0.15) is 10.4 Å². The van der Waals surface area contributed by atoms with Gasteiger partial charge in [-0.2, -0.15) is 0 Å². The lowest BCUT2D eigenvalue weighted by molar-refractivity contribution is 0.0695. The number of halogens is 1. The van der Waals surface area contributed by atoms with Crippen molar-refractivity contribution in [1.29, 1.82) is 0 Å². The van der Waals surface area contributed by atoms with Crippen LogP contribution in [0.2, 0.25) is 5.02 Å². The van der Waals surface area contributed by atoms with E-state index in [1.165, 1.54) is 12.3 Å². The van der Waals surface area contributed by atoms with E-state index >= 15 is 0 Å². The molecule has 0 saturated heterocycles. The van der Waals surface area contributed by atoms with E-state index in [1.807, 2.05) is 0 Å². The van der Waals surface area contributed by atoms with Crippen molar-refractivity contribution in [1.82, 2.24) is 4.98 Å². The van der Waals surface area contributed by atoms with Gasteiger partial charge in [-0.15, -0.1) is 0 Å². The van der Waals surface area contributed by atoms with Gasteiger partial charge in [-0.05, 0) is 6.07 Å². The molecule has 0 fully saturated rings. The van der Waals surface area contributed by atoms with Crippen molar-refractivity contribution in [3.05, 3.63) is 33.2 Å². The average Bonchev–Trinajstić information content (AvgIpc) is 1.85. The molecular formula is C6H4ClNO3. The molecule has 0 amide bonds. The van der Waals surface area contributed by atoms with Crippen LogP contribution in [0.3, 0.4) is 0 Å². The highest BCUT2D eigenvalue weighted by Gasteiger charge is 2.11. The summed E-state index contributed by atoms with van der Waals surface area (Å²) in [4.78, 5) is 23.3. The number of carboxylic acids is 1. The van der Waals surface area contributed by atoms with Crippen LogP contribution in [-0.4, -0.2) is 16.1 Å². The summed E-state index contributed by atoms with van der Waals surface area (Å²) in [6.07, 6.45) is 1.29. The van der Waals surface area contributed by atoms with Gasteiger partial charge in [0.15, 0.2) is 0 Å². The van der Waals surface area contributed by atoms with Crippen LogP contribution < -0.4 is 5.56 Å². The van der Waals surface area contributed by atoms with Crippen molar-refractivity contribution in [3.8, 4) is 0 Å². The predicted octanol–water partition coefficient (Wildman–Crippen LogP) is 0.727. The van der Waals surface area contributed by atoms with Crippen molar-refractivity contribution in [2.24, 2.45) is 0 Å². The summed E-state index contributed by atoms with van der Waals surface area (Å²) >= 11 is 5.42. The van der Waals surface area contributed by atoms with Gasteiger partial charge in [-0.3, -0.25) is 4.79 Å². The molecule has 0 aliphatic heterocycles. The largest absolute Gasteiger partial charge is 0.477 e. The van der Waals surface area contributed by atoms with Gasteiger partial charge in [0, 0.05) is 6.20 Å². The zero-order chi connectivity index (χ0) is 8.43. The standard InChI is InChI=1S/C6H4ClNO3/c7-3-1-2-8-5(9)4(3)6(10)11/h1-2H,(H,8,9)(H,10,11). The van der Waals surface area contributed by atoms with E-state index in [1.54, 1.807) is 0 Å². The molecule has 0 atom stereocenters. The first-order valence-electron chi connectivity index (χ1n) is 2.73. The number of nitrogens with one attached hydrogen (secondary N) is 1. The second-order valence-electron chi connectivity index (χ2n) is 1.83. The van der Waals surface area contributed by atoms with E-state index in [9.17, 15) is 9.59 Å². The molecule has 0 saturated carbocycles. The molecule has 0 aliphatic carbocycles. The van der Waals surface area contributed by atoms with E-state index in [0.29, 0.717) is 0 Å². The topological polar surface area (TPSA) is 70.2 Å². The van der Waals surface area contributed by atoms with Gasteiger partial charge in [0.2, 0.25) is 0 Å². The van der Waals surface area contributed by atoms with E-state index in [-0.39, 0.29) is 5.02 Å². The predicted molar refractivity (Wildman–Crippen MR) is 39.0 cm³/mol. The number of aromatic carboxylic acids is 1. The summed E-state index contributed by atoms with van der Waals surface area (Å²) in [7, 11) is 0. The van der Waals surface area contributed by atoms with Crippen LogP contribution >= 0.6 is 11.6 Å². The Bertz CT molecular complexity index is 344. The van der Waals surface area contributed by atoms with Gasteiger partial charge in [0.25, 0.3) is 5.56 Å². The first-order valence-corrected chi connectivity index (χ1v) is 3.11. The van der Waals surface area contributed by atoms with E-state index in [2.05, 4.69) is 4.98 Å². The van der Waals surface area contributed by atoms with E-state index in [4.69, 9.17) is 16.7 Å². The molecule has 0 aromatic carbocycles. The Kier molecular flexibility index (Phi) is 1.96. The number of rotatable bonds is 1. The van der Waals surface area contributed by atoms with Gasteiger partial charge in [0.1, 0.15) is 5.56 Å². The zero-order valence-corrected chi connectivity index (χ0v) is 6.05. The lowest BCUT2D eigenvalue weighted by atomic mass is 10.3. The quantitative estimate of drug-likeness (QED) is 0.658. The van der Waals surface area contributed by atoms with Gasteiger partial charge in [0.05, 0.1) is 5.02 Å². The molecule has 0 radical (unpaired) electrons. The van der Waals surface area contributed by atoms with E-state index < -0.39 is 17.1 Å². The summed E-state index contributed by atoms with van der Waals surface area (Å²) in [5.41, 5.74) is -1.11. The third-order valence-electron chi connectivity index (χ3n) is 1.12. The van der Waals surface area contributed by atoms with Crippen LogP contribution in [0.4, 0.5) is 0 Å². The molecule has 0 spiro atoms. The number of hydrogen-bond acceptors (Lipinski definition) is 2. The lowest BCUT2D eigenvalue weighted by Gasteiger charge is -1.93. The molecule has 1 rings (SSSR count). The highest BCUT2D eigenvalue weighted by atomic mass is 35.5. The molecule has 4 nitrogen and oxygen atoms in total. The van der Waals surface area contributed by atoms with Crippen molar-refractivity contribution in [2.45, 2.75) is 0 Å². The van der Waals surface area contributed by atoms with Crippen LogP contribution in [0.25, 0.3) is 0 Å².